The molecule has 5 nitrogen and oxygen atoms in total. The highest BCUT2D eigenvalue weighted by atomic mass is 35.5. The lowest BCUT2D eigenvalue weighted by Gasteiger charge is -2.20. The number of carboxylic acid groups (broad SMARTS) is 1. The standard InChI is InChI=1S/C15H20ClNO4/c1-8(2)9(3)14(18)17-13(15(19)20)10-5-6-12(21-4)11(16)7-10/h5-9,13H,1-4H3,(H,17,18)(H,19,20). The minimum atomic E-state index is -1.14. The quantitative estimate of drug-likeness (QED) is 0.846. The molecule has 0 bridgehead atoms. The third-order valence-corrected chi connectivity index (χ3v) is 3.75. The number of halogens is 1. The third kappa shape index (κ3) is 4.36. The van der Waals surface area contributed by atoms with Gasteiger partial charge in [0.1, 0.15) is 5.75 Å². The Bertz CT molecular complexity index is 530. The second-order valence-electron chi connectivity index (χ2n) is 5.21. The first-order chi connectivity index (χ1) is 9.77. The summed E-state index contributed by atoms with van der Waals surface area (Å²) in [6.07, 6.45) is 0. The molecule has 6 heteroatoms. The molecule has 0 aromatic heterocycles. The molecule has 0 aliphatic rings. The molecule has 0 heterocycles. The summed E-state index contributed by atoms with van der Waals surface area (Å²) in [6, 6.07) is 3.50. The van der Waals surface area contributed by atoms with Gasteiger partial charge in [0, 0.05) is 5.92 Å². The molecule has 1 amide bonds. The Hall–Kier alpha value is -1.75. The molecule has 0 aliphatic carbocycles. The van der Waals surface area contributed by atoms with Crippen molar-refractivity contribution in [3.8, 4) is 5.75 Å². The molecule has 0 saturated carbocycles. The maximum atomic E-state index is 12.0. The topological polar surface area (TPSA) is 75.6 Å². The van der Waals surface area contributed by atoms with Crippen molar-refractivity contribution < 1.29 is 19.4 Å². The Labute approximate surface area is 129 Å². The molecule has 1 rings (SSSR count). The van der Waals surface area contributed by atoms with Crippen molar-refractivity contribution in [2.45, 2.75) is 26.8 Å². The molecule has 2 unspecified atom stereocenters. The minimum absolute atomic E-state index is 0.124. The fourth-order valence-electron chi connectivity index (χ4n) is 1.73. The van der Waals surface area contributed by atoms with Gasteiger partial charge in [0.15, 0.2) is 6.04 Å². The van der Waals surface area contributed by atoms with Crippen LogP contribution in [0.5, 0.6) is 5.75 Å². The van der Waals surface area contributed by atoms with Gasteiger partial charge in [-0.1, -0.05) is 38.4 Å². The fraction of sp³-hybridized carbons (Fsp3) is 0.467. The third-order valence-electron chi connectivity index (χ3n) is 3.46. The molecular weight excluding hydrogens is 294 g/mol. The van der Waals surface area contributed by atoms with Crippen LogP contribution < -0.4 is 10.1 Å². The van der Waals surface area contributed by atoms with Crippen molar-refractivity contribution in [2.75, 3.05) is 7.11 Å². The number of amides is 1. The smallest absolute Gasteiger partial charge is 0.330 e. The van der Waals surface area contributed by atoms with Crippen LogP contribution in [0.3, 0.4) is 0 Å². The predicted octanol–water partition coefficient (Wildman–Crippen LogP) is 2.88. The Morgan fingerprint density at radius 3 is 2.33 bits per heavy atom. The van der Waals surface area contributed by atoms with Crippen molar-refractivity contribution in [1.82, 2.24) is 5.32 Å². The summed E-state index contributed by atoms with van der Waals surface area (Å²) >= 11 is 6.00. The number of rotatable bonds is 6. The highest BCUT2D eigenvalue weighted by Crippen LogP contribution is 2.28. The van der Waals surface area contributed by atoms with Gasteiger partial charge in [-0.2, -0.15) is 0 Å². The molecule has 2 atom stereocenters. The van der Waals surface area contributed by atoms with E-state index in [0.29, 0.717) is 16.3 Å². The van der Waals surface area contributed by atoms with E-state index in [1.54, 1.807) is 19.1 Å². The van der Waals surface area contributed by atoms with Crippen LogP contribution in [-0.2, 0) is 9.59 Å². The molecular formula is C15H20ClNO4. The van der Waals surface area contributed by atoms with Crippen molar-refractivity contribution in [3.05, 3.63) is 28.8 Å². The zero-order chi connectivity index (χ0) is 16.2. The highest BCUT2D eigenvalue weighted by Gasteiger charge is 2.26. The van der Waals surface area contributed by atoms with Gasteiger partial charge in [0.25, 0.3) is 0 Å². The average Bonchev–Trinajstić information content (AvgIpc) is 2.42. The van der Waals surface area contributed by atoms with Gasteiger partial charge >= 0.3 is 5.97 Å². The molecule has 0 radical (unpaired) electrons. The zero-order valence-corrected chi connectivity index (χ0v) is 13.3. The van der Waals surface area contributed by atoms with Crippen molar-refractivity contribution in [3.63, 3.8) is 0 Å². The predicted molar refractivity (Wildman–Crippen MR) is 80.5 cm³/mol. The first kappa shape index (κ1) is 17.3. The largest absolute Gasteiger partial charge is 0.495 e. The highest BCUT2D eigenvalue weighted by molar-refractivity contribution is 6.32. The first-order valence-corrected chi connectivity index (χ1v) is 7.02. The molecule has 1 aromatic carbocycles. The number of carbonyl (C=O) groups excluding carboxylic acids is 1. The number of hydrogen-bond donors (Lipinski definition) is 2. The van der Waals surface area contributed by atoms with Gasteiger partial charge in [0.05, 0.1) is 12.1 Å². The van der Waals surface area contributed by atoms with E-state index in [2.05, 4.69) is 5.32 Å². The normalized spacial score (nSPS) is 13.6. The van der Waals surface area contributed by atoms with Crippen LogP contribution in [0.4, 0.5) is 0 Å². The van der Waals surface area contributed by atoms with Gasteiger partial charge in [-0.25, -0.2) is 4.79 Å². The lowest BCUT2D eigenvalue weighted by atomic mass is 9.96. The van der Waals surface area contributed by atoms with E-state index >= 15 is 0 Å². The van der Waals surface area contributed by atoms with Crippen LogP contribution in [0, 0.1) is 11.8 Å². The lowest BCUT2D eigenvalue weighted by Crippen LogP contribution is -2.38. The summed E-state index contributed by atoms with van der Waals surface area (Å²) < 4.78 is 5.02. The number of hydrogen-bond acceptors (Lipinski definition) is 3. The first-order valence-electron chi connectivity index (χ1n) is 6.64. The molecule has 2 N–H and O–H groups in total. The maximum Gasteiger partial charge on any atom is 0.330 e. The summed E-state index contributed by atoms with van der Waals surface area (Å²) in [5, 5.41) is 12.2. The number of benzene rings is 1. The van der Waals surface area contributed by atoms with Gasteiger partial charge in [-0.3, -0.25) is 4.79 Å². The van der Waals surface area contributed by atoms with Crippen LogP contribution in [0.2, 0.25) is 5.02 Å². The van der Waals surface area contributed by atoms with Gasteiger partial charge in [0.2, 0.25) is 5.91 Å². The van der Waals surface area contributed by atoms with E-state index in [1.807, 2.05) is 13.8 Å². The Morgan fingerprint density at radius 2 is 1.90 bits per heavy atom. The van der Waals surface area contributed by atoms with Crippen LogP contribution in [-0.4, -0.2) is 24.1 Å². The molecule has 116 valence electrons. The number of methoxy groups -OCH3 is 1. The number of aliphatic carboxylic acids is 1. The number of carboxylic acids is 1. The SMILES string of the molecule is COc1ccc(C(NC(=O)C(C)C(C)C)C(=O)O)cc1Cl. The van der Waals surface area contributed by atoms with Gasteiger partial charge in [-0.05, 0) is 23.6 Å². The molecule has 0 fully saturated rings. The molecule has 0 saturated heterocycles. The minimum Gasteiger partial charge on any atom is -0.495 e. The maximum absolute atomic E-state index is 12.0. The van der Waals surface area contributed by atoms with E-state index in [4.69, 9.17) is 16.3 Å². The molecule has 21 heavy (non-hydrogen) atoms. The van der Waals surface area contributed by atoms with E-state index in [1.165, 1.54) is 13.2 Å². The summed E-state index contributed by atoms with van der Waals surface area (Å²) in [6.45, 7) is 5.58. The second-order valence-corrected chi connectivity index (χ2v) is 5.61. The zero-order valence-electron chi connectivity index (χ0n) is 12.5. The van der Waals surface area contributed by atoms with Crippen molar-refractivity contribution in [1.29, 1.82) is 0 Å². The number of nitrogens with one attached hydrogen (secondary N) is 1. The monoisotopic (exact) mass is 313 g/mol. The van der Waals surface area contributed by atoms with Crippen LogP contribution in [0.1, 0.15) is 32.4 Å². The Kier molecular flexibility index (Phi) is 6.03. The van der Waals surface area contributed by atoms with Crippen molar-refractivity contribution in [2.24, 2.45) is 11.8 Å². The fourth-order valence-corrected chi connectivity index (χ4v) is 1.99. The lowest BCUT2D eigenvalue weighted by molar-refractivity contribution is -0.142. The number of ether oxygens (including phenoxy) is 1. The summed E-state index contributed by atoms with van der Waals surface area (Å²) in [5.41, 5.74) is 0.401. The molecule has 1 aromatic rings. The number of carbonyl (C=O) groups is 2. The van der Waals surface area contributed by atoms with Crippen molar-refractivity contribution >= 4 is 23.5 Å². The Morgan fingerprint density at radius 1 is 1.29 bits per heavy atom. The Balaban J connectivity index is 3.00. The van der Waals surface area contributed by atoms with Crippen LogP contribution in [0.25, 0.3) is 0 Å². The second kappa shape index (κ2) is 7.31. The summed E-state index contributed by atoms with van der Waals surface area (Å²) in [7, 11) is 1.47. The molecule has 0 spiro atoms. The van der Waals surface area contributed by atoms with Gasteiger partial charge < -0.3 is 15.2 Å². The molecule has 0 aliphatic heterocycles. The van der Waals surface area contributed by atoms with E-state index in [0.717, 1.165) is 0 Å². The van der Waals surface area contributed by atoms with E-state index in [-0.39, 0.29) is 17.7 Å². The summed E-state index contributed by atoms with van der Waals surface area (Å²) in [5.74, 6) is -1.14. The summed E-state index contributed by atoms with van der Waals surface area (Å²) in [4.78, 5) is 23.5. The van der Waals surface area contributed by atoms with E-state index < -0.39 is 12.0 Å². The van der Waals surface area contributed by atoms with Crippen LogP contribution in [0.15, 0.2) is 18.2 Å². The van der Waals surface area contributed by atoms with Crippen LogP contribution >= 0.6 is 11.6 Å². The average molecular weight is 314 g/mol. The van der Waals surface area contributed by atoms with Gasteiger partial charge in [-0.15, -0.1) is 0 Å². The van der Waals surface area contributed by atoms with E-state index in [9.17, 15) is 14.7 Å².